The number of quaternary nitrogens is 1. The molecule has 1 aromatic carbocycles. The second-order valence-electron chi connectivity index (χ2n) is 6.52. The van der Waals surface area contributed by atoms with Gasteiger partial charge in [0.1, 0.15) is 11.5 Å². The predicted octanol–water partition coefficient (Wildman–Crippen LogP) is 2.03. The monoisotopic (exact) mass is 438 g/mol. The molecule has 0 saturated heterocycles. The van der Waals surface area contributed by atoms with E-state index in [-0.39, 0.29) is 39.9 Å². The first-order valence-corrected chi connectivity index (χ1v) is 8.93. The smallest absolute Gasteiger partial charge is 0.296 e. The molecule has 158 valence electrons. The average molecular weight is 439 g/mol. The summed E-state index contributed by atoms with van der Waals surface area (Å²) in [5, 5.41) is 26.5. The zero-order valence-electron chi connectivity index (χ0n) is 16.1. The molecule has 0 radical (unpaired) electrons. The number of hydrogen-bond acceptors (Lipinski definition) is 6. The van der Waals surface area contributed by atoms with Crippen LogP contribution in [0.25, 0.3) is 0 Å². The molecule has 2 rings (SSSR count). The molecule has 1 unspecified atom stereocenters. The van der Waals surface area contributed by atoms with Crippen LogP contribution < -0.4 is 16.0 Å². The van der Waals surface area contributed by atoms with Crippen molar-refractivity contribution < 1.29 is 24.4 Å². The van der Waals surface area contributed by atoms with Gasteiger partial charge in [0.05, 0.1) is 30.2 Å². The fourth-order valence-corrected chi connectivity index (χ4v) is 2.57. The van der Waals surface area contributed by atoms with Crippen LogP contribution in [0, 0.1) is 23.7 Å². The van der Waals surface area contributed by atoms with Crippen molar-refractivity contribution in [1.29, 1.82) is 10.7 Å². The third-order valence-corrected chi connectivity index (χ3v) is 4.20. The van der Waals surface area contributed by atoms with Crippen LogP contribution in [0.4, 0.5) is 8.78 Å². The topological polar surface area (TPSA) is 140 Å². The lowest BCUT2D eigenvalue weighted by atomic mass is 10.1. The number of nitrogens with one attached hydrogen (secondary N) is 1. The molecule has 8 nitrogen and oxygen atoms in total. The largest absolute Gasteiger partial charge is 0.450 e. The minimum absolute atomic E-state index is 0.0882. The first-order valence-electron chi connectivity index (χ1n) is 8.55. The molecule has 0 aliphatic rings. The maximum Gasteiger partial charge on any atom is 0.296 e. The number of aryl methyl sites for hydroxylation is 1. The van der Waals surface area contributed by atoms with E-state index >= 15 is 0 Å². The SMILES string of the molecule is Cc1ncn(CC(=CC(=N)C(C)(F)F)C([NH3+])O)c(=O)c1Oc1cc(Cl)cc(C#N)c1. The molecule has 11 heteroatoms. The fraction of sp³-hybridized carbons (Fsp3) is 0.263. The van der Waals surface area contributed by atoms with Gasteiger partial charge >= 0.3 is 0 Å². The molecule has 0 spiro atoms. The van der Waals surface area contributed by atoms with Crippen molar-refractivity contribution in [1.82, 2.24) is 9.55 Å². The number of ether oxygens (including phenoxy) is 1. The van der Waals surface area contributed by atoms with Crippen LogP contribution in [0.15, 0.2) is 41.0 Å². The highest BCUT2D eigenvalue weighted by Crippen LogP contribution is 2.25. The number of halogens is 3. The Labute approximate surface area is 175 Å². The molecule has 30 heavy (non-hydrogen) atoms. The highest BCUT2D eigenvalue weighted by atomic mass is 35.5. The quantitative estimate of drug-likeness (QED) is 0.448. The van der Waals surface area contributed by atoms with Crippen molar-refractivity contribution in [2.45, 2.75) is 32.5 Å². The van der Waals surface area contributed by atoms with Crippen molar-refractivity contribution in [3.63, 3.8) is 0 Å². The lowest BCUT2D eigenvalue weighted by Gasteiger charge is -2.15. The molecule has 1 heterocycles. The van der Waals surface area contributed by atoms with Crippen molar-refractivity contribution >= 4 is 17.3 Å². The van der Waals surface area contributed by atoms with Gasteiger partial charge in [-0.15, -0.1) is 0 Å². The van der Waals surface area contributed by atoms with Crippen molar-refractivity contribution in [2.24, 2.45) is 0 Å². The molecule has 0 fully saturated rings. The number of aromatic nitrogens is 2. The summed E-state index contributed by atoms with van der Waals surface area (Å²) < 4.78 is 33.2. The third-order valence-electron chi connectivity index (χ3n) is 3.98. The molecule has 0 amide bonds. The van der Waals surface area contributed by atoms with Crippen LogP contribution in [-0.4, -0.2) is 32.5 Å². The van der Waals surface area contributed by atoms with Crippen LogP contribution in [0.5, 0.6) is 11.5 Å². The maximum absolute atomic E-state index is 13.3. The summed E-state index contributed by atoms with van der Waals surface area (Å²) >= 11 is 5.94. The van der Waals surface area contributed by atoms with Gasteiger partial charge in [0, 0.05) is 17.5 Å². The lowest BCUT2D eigenvalue weighted by molar-refractivity contribution is -0.468. The van der Waals surface area contributed by atoms with Gasteiger partial charge in [0.15, 0.2) is 0 Å². The Balaban J connectivity index is 2.44. The van der Waals surface area contributed by atoms with E-state index in [1.54, 1.807) is 0 Å². The maximum atomic E-state index is 13.3. The molecular weight excluding hydrogens is 420 g/mol. The second kappa shape index (κ2) is 9.13. The van der Waals surface area contributed by atoms with Crippen molar-refractivity contribution in [3.05, 3.63) is 62.8 Å². The Morgan fingerprint density at radius 2 is 2.20 bits per heavy atom. The minimum Gasteiger partial charge on any atom is -0.450 e. The van der Waals surface area contributed by atoms with Crippen LogP contribution >= 0.6 is 11.6 Å². The molecule has 0 aliphatic carbocycles. The minimum atomic E-state index is -3.42. The lowest BCUT2D eigenvalue weighted by Crippen LogP contribution is -2.62. The summed E-state index contributed by atoms with van der Waals surface area (Å²) in [4.78, 5) is 16.9. The summed E-state index contributed by atoms with van der Waals surface area (Å²) in [7, 11) is 0. The van der Waals surface area contributed by atoms with Crippen molar-refractivity contribution in [2.75, 3.05) is 0 Å². The highest BCUT2D eigenvalue weighted by molar-refractivity contribution is 6.30. The number of alkyl halides is 2. The first-order chi connectivity index (χ1) is 13.9. The van der Waals surface area contributed by atoms with Crippen molar-refractivity contribution in [3.8, 4) is 17.6 Å². The molecule has 1 atom stereocenters. The number of hydrogen-bond donors (Lipinski definition) is 3. The van der Waals surface area contributed by atoms with E-state index in [0.29, 0.717) is 6.92 Å². The van der Waals surface area contributed by atoms with Gasteiger partial charge in [-0.05, 0) is 31.2 Å². The molecule has 0 bridgehead atoms. The Morgan fingerprint density at radius 1 is 1.53 bits per heavy atom. The Bertz CT molecular complexity index is 1100. The summed E-state index contributed by atoms with van der Waals surface area (Å²) in [6, 6.07) is 6.14. The molecule has 0 saturated carbocycles. The number of nitrogens with zero attached hydrogens (tertiary/aromatic N) is 3. The number of nitriles is 1. The van der Waals surface area contributed by atoms with Gasteiger partial charge in [0.2, 0.25) is 12.0 Å². The van der Waals surface area contributed by atoms with Gasteiger partial charge in [-0.3, -0.25) is 14.8 Å². The van der Waals surface area contributed by atoms with Gasteiger partial charge in [-0.1, -0.05) is 11.6 Å². The summed E-state index contributed by atoms with van der Waals surface area (Å²) in [5.41, 5.74) is 2.05. The first kappa shape index (κ1) is 23.2. The Kier molecular flexibility index (Phi) is 7.04. The standard InChI is InChI=1S/C19H18ClF2N5O3/c1-10-16(30-14-4-11(7-23)3-13(20)6-14)18(29)27(9-26-10)8-12(17(25)28)5-15(24)19(2,21)22/h3-6,9,17,24,28H,8,25H2,1-2H3/p+1. The van der Waals surface area contributed by atoms with Gasteiger partial charge in [0.25, 0.3) is 11.5 Å². The number of aliphatic hydroxyl groups is 1. The highest BCUT2D eigenvalue weighted by Gasteiger charge is 2.28. The third kappa shape index (κ3) is 5.70. The summed E-state index contributed by atoms with van der Waals surface area (Å²) in [6.45, 7) is 1.73. The second-order valence-corrected chi connectivity index (χ2v) is 6.96. The van der Waals surface area contributed by atoms with E-state index in [0.717, 1.165) is 17.0 Å². The predicted molar refractivity (Wildman–Crippen MR) is 105 cm³/mol. The van der Waals surface area contributed by atoms with Gasteiger partial charge in [-0.2, -0.15) is 14.0 Å². The van der Waals surface area contributed by atoms with E-state index < -0.39 is 23.4 Å². The van der Waals surface area contributed by atoms with E-state index in [9.17, 15) is 18.7 Å². The summed E-state index contributed by atoms with van der Waals surface area (Å²) in [6.07, 6.45) is 0.504. The van der Waals surface area contributed by atoms with E-state index in [1.165, 1.54) is 25.1 Å². The normalized spacial score (nSPS) is 12.9. The number of allylic oxidation sites excluding steroid dienone is 1. The van der Waals surface area contributed by atoms with Gasteiger partial charge in [-0.25, -0.2) is 4.98 Å². The van der Waals surface area contributed by atoms with Crippen LogP contribution in [-0.2, 0) is 6.54 Å². The Hall–Kier alpha value is -3.13. The average Bonchev–Trinajstić information content (AvgIpc) is 2.65. The molecule has 2 aromatic rings. The number of rotatable bonds is 7. The van der Waals surface area contributed by atoms with E-state index in [4.69, 9.17) is 27.0 Å². The Morgan fingerprint density at radius 3 is 2.77 bits per heavy atom. The molecular formula is C19H19ClF2N5O3+. The van der Waals surface area contributed by atoms with E-state index in [1.807, 2.05) is 6.07 Å². The fourth-order valence-electron chi connectivity index (χ4n) is 2.34. The van der Waals surface area contributed by atoms with Gasteiger partial charge < -0.3 is 15.6 Å². The summed E-state index contributed by atoms with van der Waals surface area (Å²) in [5.74, 6) is -3.45. The van der Waals surface area contributed by atoms with Crippen LogP contribution in [0.1, 0.15) is 18.2 Å². The molecule has 0 aliphatic heterocycles. The molecule has 5 N–H and O–H groups in total. The van der Waals surface area contributed by atoms with Crippen LogP contribution in [0.2, 0.25) is 5.02 Å². The zero-order chi connectivity index (χ0) is 22.6. The number of aliphatic hydroxyl groups excluding tert-OH is 1. The zero-order valence-corrected chi connectivity index (χ0v) is 16.9. The van der Waals surface area contributed by atoms with Crippen LogP contribution in [0.3, 0.4) is 0 Å². The van der Waals surface area contributed by atoms with E-state index in [2.05, 4.69) is 10.7 Å². The number of benzene rings is 1. The molecule has 1 aromatic heterocycles.